The van der Waals surface area contributed by atoms with Crippen LogP contribution in [0.25, 0.3) is 0 Å². The summed E-state index contributed by atoms with van der Waals surface area (Å²) >= 11 is 0. The van der Waals surface area contributed by atoms with E-state index in [1.54, 1.807) is 6.07 Å². The number of hydrogen-bond donors (Lipinski definition) is 1. The molecule has 1 saturated carbocycles. The van der Waals surface area contributed by atoms with Crippen LogP contribution in [0.4, 0.5) is 4.39 Å². The van der Waals surface area contributed by atoms with Crippen molar-refractivity contribution in [2.45, 2.75) is 38.6 Å². The maximum atomic E-state index is 13.5. The Morgan fingerprint density at radius 1 is 1.38 bits per heavy atom. The third kappa shape index (κ3) is 2.62. The van der Waals surface area contributed by atoms with Crippen LogP contribution in [-0.2, 0) is 6.42 Å². The largest absolute Gasteiger partial charge is 0.327 e. The molecule has 1 aromatic rings. The molecular formula is C14H20FN. The first-order valence-electron chi connectivity index (χ1n) is 6.16. The average Bonchev–Trinajstić information content (AvgIpc) is 2.68. The van der Waals surface area contributed by atoms with Crippen molar-refractivity contribution in [1.82, 2.24) is 0 Å². The van der Waals surface area contributed by atoms with Crippen molar-refractivity contribution in [3.63, 3.8) is 0 Å². The summed E-state index contributed by atoms with van der Waals surface area (Å²) in [6, 6.07) is 7.07. The monoisotopic (exact) mass is 221 g/mol. The topological polar surface area (TPSA) is 26.0 Å². The van der Waals surface area contributed by atoms with Gasteiger partial charge in [0.1, 0.15) is 5.82 Å². The van der Waals surface area contributed by atoms with Gasteiger partial charge in [0, 0.05) is 6.04 Å². The first-order chi connectivity index (χ1) is 7.66. The summed E-state index contributed by atoms with van der Waals surface area (Å²) in [5.74, 6) is 1.25. The van der Waals surface area contributed by atoms with Crippen LogP contribution in [0.1, 0.15) is 31.7 Å². The summed E-state index contributed by atoms with van der Waals surface area (Å²) in [6.07, 6.45) is 4.35. The maximum absolute atomic E-state index is 13.5. The van der Waals surface area contributed by atoms with Gasteiger partial charge in [-0.25, -0.2) is 4.39 Å². The lowest BCUT2D eigenvalue weighted by Gasteiger charge is -2.19. The molecule has 88 valence electrons. The van der Waals surface area contributed by atoms with Crippen LogP contribution in [0.2, 0.25) is 0 Å². The number of halogens is 1. The predicted molar refractivity (Wildman–Crippen MR) is 64.6 cm³/mol. The van der Waals surface area contributed by atoms with Crippen LogP contribution in [0, 0.1) is 17.7 Å². The molecule has 0 aromatic heterocycles. The maximum Gasteiger partial charge on any atom is 0.126 e. The van der Waals surface area contributed by atoms with E-state index in [0.29, 0.717) is 12.3 Å². The van der Waals surface area contributed by atoms with Crippen molar-refractivity contribution < 1.29 is 4.39 Å². The number of nitrogens with two attached hydrogens (primary N) is 1. The summed E-state index contributed by atoms with van der Waals surface area (Å²) in [6.45, 7) is 2.27. The molecule has 0 aliphatic heterocycles. The highest BCUT2D eigenvalue weighted by Crippen LogP contribution is 2.33. The summed E-state index contributed by atoms with van der Waals surface area (Å²) < 4.78 is 13.5. The quantitative estimate of drug-likeness (QED) is 0.833. The van der Waals surface area contributed by atoms with Gasteiger partial charge in [-0.05, 0) is 42.7 Å². The molecule has 3 atom stereocenters. The highest BCUT2D eigenvalue weighted by Gasteiger charge is 2.26. The van der Waals surface area contributed by atoms with Gasteiger partial charge in [-0.1, -0.05) is 31.5 Å². The minimum Gasteiger partial charge on any atom is -0.327 e. The summed E-state index contributed by atoms with van der Waals surface area (Å²) in [4.78, 5) is 0. The van der Waals surface area contributed by atoms with Crippen LogP contribution >= 0.6 is 0 Å². The molecule has 2 rings (SSSR count). The molecule has 1 nitrogen and oxygen atoms in total. The smallest absolute Gasteiger partial charge is 0.126 e. The van der Waals surface area contributed by atoms with Gasteiger partial charge in [0.15, 0.2) is 0 Å². The first-order valence-corrected chi connectivity index (χ1v) is 6.16. The van der Waals surface area contributed by atoms with Crippen molar-refractivity contribution in [3.05, 3.63) is 35.6 Å². The van der Waals surface area contributed by atoms with E-state index in [2.05, 4.69) is 6.92 Å². The first kappa shape index (κ1) is 11.6. The van der Waals surface area contributed by atoms with E-state index >= 15 is 0 Å². The Morgan fingerprint density at radius 2 is 2.12 bits per heavy atom. The van der Waals surface area contributed by atoms with E-state index in [1.807, 2.05) is 12.1 Å². The van der Waals surface area contributed by atoms with Crippen molar-refractivity contribution in [2.24, 2.45) is 17.6 Å². The Balaban J connectivity index is 1.97. The van der Waals surface area contributed by atoms with E-state index in [0.717, 1.165) is 11.5 Å². The zero-order valence-corrected chi connectivity index (χ0v) is 9.83. The molecule has 0 amide bonds. The van der Waals surface area contributed by atoms with Gasteiger partial charge in [0.2, 0.25) is 0 Å². The fourth-order valence-corrected chi connectivity index (χ4v) is 2.72. The fraction of sp³-hybridized carbons (Fsp3) is 0.571. The lowest BCUT2D eigenvalue weighted by molar-refractivity contribution is 0.410. The second-order valence-corrected chi connectivity index (χ2v) is 5.14. The SMILES string of the molecule is CC1CCC(C(N)Cc2ccccc2F)C1. The minimum atomic E-state index is -0.121. The van der Waals surface area contributed by atoms with E-state index in [1.165, 1.54) is 25.3 Å². The Hall–Kier alpha value is -0.890. The van der Waals surface area contributed by atoms with Gasteiger partial charge in [-0.15, -0.1) is 0 Å². The Morgan fingerprint density at radius 3 is 2.75 bits per heavy atom. The molecule has 0 radical (unpaired) electrons. The van der Waals surface area contributed by atoms with Crippen LogP contribution < -0.4 is 5.73 Å². The van der Waals surface area contributed by atoms with Crippen LogP contribution in [-0.4, -0.2) is 6.04 Å². The second kappa shape index (κ2) is 4.96. The molecule has 2 heteroatoms. The van der Waals surface area contributed by atoms with Crippen molar-refractivity contribution in [3.8, 4) is 0 Å². The summed E-state index contributed by atoms with van der Waals surface area (Å²) in [5, 5.41) is 0. The average molecular weight is 221 g/mol. The van der Waals surface area contributed by atoms with Gasteiger partial charge in [-0.2, -0.15) is 0 Å². The molecule has 1 fully saturated rings. The Bertz CT molecular complexity index is 350. The Kier molecular flexibility index (Phi) is 3.59. The van der Waals surface area contributed by atoms with Gasteiger partial charge < -0.3 is 5.73 Å². The zero-order valence-electron chi connectivity index (χ0n) is 9.83. The third-order valence-electron chi connectivity index (χ3n) is 3.75. The molecule has 0 spiro atoms. The van der Waals surface area contributed by atoms with Crippen LogP contribution in [0.5, 0.6) is 0 Å². The second-order valence-electron chi connectivity index (χ2n) is 5.14. The normalized spacial score (nSPS) is 26.9. The molecule has 1 aliphatic carbocycles. The zero-order chi connectivity index (χ0) is 11.5. The van der Waals surface area contributed by atoms with E-state index in [4.69, 9.17) is 5.73 Å². The van der Waals surface area contributed by atoms with Crippen LogP contribution in [0.3, 0.4) is 0 Å². The van der Waals surface area contributed by atoms with Crippen molar-refractivity contribution in [1.29, 1.82) is 0 Å². The molecule has 2 N–H and O–H groups in total. The standard InChI is InChI=1S/C14H20FN/c1-10-6-7-12(8-10)14(16)9-11-4-2-3-5-13(11)15/h2-5,10,12,14H,6-9,16H2,1H3. The molecular weight excluding hydrogens is 201 g/mol. The lowest BCUT2D eigenvalue weighted by Crippen LogP contribution is -2.31. The fourth-order valence-electron chi connectivity index (χ4n) is 2.72. The highest BCUT2D eigenvalue weighted by molar-refractivity contribution is 5.18. The summed E-state index contributed by atoms with van der Waals surface area (Å²) in [5.41, 5.74) is 6.93. The third-order valence-corrected chi connectivity index (χ3v) is 3.75. The van der Waals surface area contributed by atoms with Gasteiger partial charge >= 0.3 is 0 Å². The minimum absolute atomic E-state index is 0.113. The van der Waals surface area contributed by atoms with Gasteiger partial charge in [-0.3, -0.25) is 0 Å². The van der Waals surface area contributed by atoms with Crippen LogP contribution in [0.15, 0.2) is 24.3 Å². The predicted octanol–water partition coefficient (Wildman–Crippen LogP) is 3.13. The van der Waals surface area contributed by atoms with Gasteiger partial charge in [0.05, 0.1) is 0 Å². The van der Waals surface area contributed by atoms with E-state index in [-0.39, 0.29) is 11.9 Å². The number of benzene rings is 1. The Labute approximate surface area is 96.9 Å². The molecule has 1 aliphatic rings. The van der Waals surface area contributed by atoms with E-state index < -0.39 is 0 Å². The molecule has 0 bridgehead atoms. The van der Waals surface area contributed by atoms with Crippen molar-refractivity contribution in [2.75, 3.05) is 0 Å². The molecule has 0 saturated heterocycles. The number of hydrogen-bond acceptors (Lipinski definition) is 1. The van der Waals surface area contributed by atoms with E-state index in [9.17, 15) is 4.39 Å². The molecule has 16 heavy (non-hydrogen) atoms. The molecule has 3 unspecified atom stereocenters. The molecule has 1 aromatic carbocycles. The van der Waals surface area contributed by atoms with Gasteiger partial charge in [0.25, 0.3) is 0 Å². The number of rotatable bonds is 3. The molecule has 0 heterocycles. The van der Waals surface area contributed by atoms with Crippen molar-refractivity contribution >= 4 is 0 Å². The highest BCUT2D eigenvalue weighted by atomic mass is 19.1. The summed E-state index contributed by atoms with van der Waals surface area (Å²) in [7, 11) is 0. The lowest BCUT2D eigenvalue weighted by atomic mass is 9.92.